The van der Waals surface area contributed by atoms with Gasteiger partial charge in [-0.2, -0.15) is 0 Å². The van der Waals surface area contributed by atoms with Gasteiger partial charge in [-0.05, 0) is 48.0 Å². The van der Waals surface area contributed by atoms with Gasteiger partial charge in [-0.3, -0.25) is 9.79 Å². The highest BCUT2D eigenvalue weighted by molar-refractivity contribution is 6.31. The van der Waals surface area contributed by atoms with E-state index in [1.54, 1.807) is 6.21 Å². The van der Waals surface area contributed by atoms with E-state index in [2.05, 4.69) is 10.3 Å². The molecule has 0 bridgehead atoms. The highest BCUT2D eigenvalue weighted by atomic mass is 35.5. The van der Waals surface area contributed by atoms with E-state index in [0.717, 1.165) is 28.3 Å². The van der Waals surface area contributed by atoms with Gasteiger partial charge >= 0.3 is 0 Å². The lowest BCUT2D eigenvalue weighted by Gasteiger charge is -2.08. The van der Waals surface area contributed by atoms with Gasteiger partial charge in [0, 0.05) is 28.9 Å². The number of aliphatic imine (C=N–C) groups is 1. The first-order valence-corrected chi connectivity index (χ1v) is 9.42. The number of anilines is 1. The molecule has 3 rings (SSSR count). The highest BCUT2D eigenvalue weighted by Gasteiger charge is 2.01. The minimum Gasteiger partial charge on any atom is -0.489 e. The number of amides is 1. The molecule has 0 atom stereocenters. The van der Waals surface area contributed by atoms with Crippen LogP contribution < -0.4 is 10.1 Å². The van der Waals surface area contributed by atoms with Crippen molar-refractivity contribution in [2.75, 3.05) is 5.32 Å². The van der Waals surface area contributed by atoms with E-state index in [0.29, 0.717) is 18.1 Å². The Balaban J connectivity index is 1.62. The van der Waals surface area contributed by atoms with Crippen LogP contribution in [-0.4, -0.2) is 12.1 Å². The third-order valence-electron chi connectivity index (χ3n) is 4.05. The molecule has 0 aliphatic carbocycles. The van der Waals surface area contributed by atoms with Gasteiger partial charge < -0.3 is 10.1 Å². The second-order valence-electron chi connectivity index (χ2n) is 6.16. The molecule has 3 aromatic carbocycles. The monoisotopic (exact) mass is 392 g/mol. The third kappa shape index (κ3) is 5.69. The Kier molecular flexibility index (Phi) is 6.82. The molecule has 1 N–H and O–H groups in total. The number of rotatable bonds is 7. The molecule has 5 heteroatoms. The van der Waals surface area contributed by atoms with Crippen LogP contribution in [0.3, 0.4) is 0 Å². The highest BCUT2D eigenvalue weighted by Crippen LogP contribution is 2.20. The molecule has 0 unspecified atom stereocenters. The van der Waals surface area contributed by atoms with E-state index in [4.69, 9.17) is 16.3 Å². The van der Waals surface area contributed by atoms with Crippen LogP contribution in [0.4, 0.5) is 11.4 Å². The molecule has 0 saturated heterocycles. The molecule has 0 aliphatic rings. The van der Waals surface area contributed by atoms with Gasteiger partial charge in [0.2, 0.25) is 5.91 Å². The van der Waals surface area contributed by atoms with E-state index in [9.17, 15) is 4.79 Å². The van der Waals surface area contributed by atoms with Crippen molar-refractivity contribution in [3.05, 3.63) is 88.9 Å². The predicted molar refractivity (Wildman–Crippen MR) is 115 cm³/mol. The van der Waals surface area contributed by atoms with Crippen molar-refractivity contribution >= 4 is 35.1 Å². The Morgan fingerprint density at radius 1 is 1.07 bits per heavy atom. The molecular formula is C23H21ClN2O2. The Bertz CT molecular complexity index is 968. The quantitative estimate of drug-likeness (QED) is 0.500. The summed E-state index contributed by atoms with van der Waals surface area (Å²) >= 11 is 6.16. The molecule has 3 aromatic rings. The molecule has 0 spiro atoms. The minimum absolute atomic E-state index is 0.00939. The summed E-state index contributed by atoms with van der Waals surface area (Å²) in [6.45, 7) is 2.23. The first kappa shape index (κ1) is 19.6. The molecule has 0 fully saturated rings. The molecule has 142 valence electrons. The number of hydrogen-bond donors (Lipinski definition) is 1. The molecule has 4 nitrogen and oxygen atoms in total. The largest absolute Gasteiger partial charge is 0.489 e. The first-order chi connectivity index (χ1) is 13.6. The van der Waals surface area contributed by atoms with Gasteiger partial charge in [0.15, 0.2) is 0 Å². The zero-order valence-corrected chi connectivity index (χ0v) is 16.3. The van der Waals surface area contributed by atoms with Crippen LogP contribution in [0.5, 0.6) is 5.75 Å². The smallest absolute Gasteiger partial charge is 0.224 e. The van der Waals surface area contributed by atoms with Gasteiger partial charge in [-0.1, -0.05) is 48.9 Å². The zero-order valence-electron chi connectivity index (χ0n) is 15.6. The van der Waals surface area contributed by atoms with E-state index in [1.165, 1.54) is 0 Å². The van der Waals surface area contributed by atoms with Gasteiger partial charge in [0.1, 0.15) is 12.4 Å². The molecule has 0 heterocycles. The average molecular weight is 393 g/mol. The Morgan fingerprint density at radius 3 is 2.61 bits per heavy atom. The molecule has 0 aliphatic heterocycles. The van der Waals surface area contributed by atoms with E-state index < -0.39 is 0 Å². The number of ether oxygens (including phenoxy) is 1. The fourth-order valence-corrected chi connectivity index (χ4v) is 2.68. The predicted octanol–water partition coefficient (Wildman–Crippen LogP) is 6.02. The summed E-state index contributed by atoms with van der Waals surface area (Å²) in [6, 6.07) is 22.7. The summed E-state index contributed by atoms with van der Waals surface area (Å²) in [7, 11) is 0. The second-order valence-corrected chi connectivity index (χ2v) is 6.57. The van der Waals surface area contributed by atoms with Crippen LogP contribution in [0, 0.1) is 0 Å². The summed E-state index contributed by atoms with van der Waals surface area (Å²) in [5.41, 5.74) is 3.44. The molecule has 1 amide bonds. The topological polar surface area (TPSA) is 50.7 Å². The maximum atomic E-state index is 11.4. The van der Waals surface area contributed by atoms with Crippen molar-refractivity contribution in [3.63, 3.8) is 0 Å². The van der Waals surface area contributed by atoms with Crippen molar-refractivity contribution in [1.82, 2.24) is 0 Å². The average Bonchev–Trinajstić information content (AvgIpc) is 2.73. The van der Waals surface area contributed by atoms with E-state index >= 15 is 0 Å². The molecule has 0 radical (unpaired) electrons. The van der Waals surface area contributed by atoms with Gasteiger partial charge in [-0.15, -0.1) is 0 Å². The number of nitrogens with zero attached hydrogens (tertiary/aromatic N) is 1. The van der Waals surface area contributed by atoms with Crippen molar-refractivity contribution < 1.29 is 9.53 Å². The second kappa shape index (κ2) is 9.72. The first-order valence-electron chi connectivity index (χ1n) is 9.04. The molecule has 28 heavy (non-hydrogen) atoms. The summed E-state index contributed by atoms with van der Waals surface area (Å²) < 4.78 is 5.84. The number of hydrogen-bond acceptors (Lipinski definition) is 3. The Hall–Kier alpha value is -3.11. The fourth-order valence-electron chi connectivity index (χ4n) is 2.49. The van der Waals surface area contributed by atoms with Crippen LogP contribution >= 0.6 is 11.6 Å². The lowest BCUT2D eigenvalue weighted by molar-refractivity contribution is -0.115. The van der Waals surface area contributed by atoms with Crippen molar-refractivity contribution in [2.45, 2.75) is 20.0 Å². The molecule has 0 saturated carbocycles. The van der Waals surface area contributed by atoms with Crippen LogP contribution in [0.15, 0.2) is 77.8 Å². The lowest BCUT2D eigenvalue weighted by atomic mass is 10.2. The van der Waals surface area contributed by atoms with Crippen LogP contribution in [0.1, 0.15) is 24.5 Å². The van der Waals surface area contributed by atoms with Crippen molar-refractivity contribution in [3.8, 4) is 5.75 Å². The minimum atomic E-state index is -0.00939. The number of carbonyl (C=O) groups excluding carboxylic acids is 1. The molecular weight excluding hydrogens is 372 g/mol. The SMILES string of the molecule is CCC(=O)Nc1ccc(N=Cc2cccc(OCc3ccccc3Cl)c2)cc1. The van der Waals surface area contributed by atoms with Crippen LogP contribution in [0.25, 0.3) is 0 Å². The van der Waals surface area contributed by atoms with Gasteiger partial charge in [0.25, 0.3) is 0 Å². The van der Waals surface area contributed by atoms with E-state index in [-0.39, 0.29) is 5.91 Å². The van der Waals surface area contributed by atoms with Gasteiger partial charge in [-0.25, -0.2) is 0 Å². The number of nitrogens with one attached hydrogen (secondary N) is 1. The van der Waals surface area contributed by atoms with Crippen LogP contribution in [0.2, 0.25) is 5.02 Å². The number of halogens is 1. The van der Waals surface area contributed by atoms with Crippen LogP contribution in [-0.2, 0) is 11.4 Å². The van der Waals surface area contributed by atoms with Crippen molar-refractivity contribution in [1.29, 1.82) is 0 Å². The standard InChI is InChI=1S/C23H21ClN2O2/c1-2-23(27)26-20-12-10-19(11-13-20)25-15-17-6-5-8-21(14-17)28-16-18-7-3-4-9-22(18)24/h3-15H,2,16H2,1H3,(H,26,27). The number of carbonyl (C=O) groups is 1. The van der Waals surface area contributed by atoms with Gasteiger partial charge in [0.05, 0.1) is 5.69 Å². The normalized spacial score (nSPS) is 10.8. The Morgan fingerprint density at radius 2 is 1.86 bits per heavy atom. The lowest BCUT2D eigenvalue weighted by Crippen LogP contribution is -2.08. The maximum absolute atomic E-state index is 11.4. The molecule has 0 aromatic heterocycles. The summed E-state index contributed by atoms with van der Waals surface area (Å²) in [5.74, 6) is 0.742. The summed E-state index contributed by atoms with van der Waals surface area (Å²) in [5, 5.41) is 3.51. The number of benzene rings is 3. The summed E-state index contributed by atoms with van der Waals surface area (Å²) in [6.07, 6.45) is 2.23. The van der Waals surface area contributed by atoms with E-state index in [1.807, 2.05) is 79.7 Å². The van der Waals surface area contributed by atoms with Crippen molar-refractivity contribution in [2.24, 2.45) is 4.99 Å². The zero-order chi connectivity index (χ0) is 19.8. The fraction of sp³-hybridized carbons (Fsp3) is 0.130. The maximum Gasteiger partial charge on any atom is 0.224 e. The summed E-state index contributed by atoms with van der Waals surface area (Å²) in [4.78, 5) is 15.9. The third-order valence-corrected chi connectivity index (χ3v) is 4.41. The Labute approximate surface area is 169 Å².